The number of β-lactam (4-membered cyclic amide) rings is 1. The summed E-state index contributed by atoms with van der Waals surface area (Å²) in [5.74, 6) is -3.00. The van der Waals surface area contributed by atoms with Crippen molar-refractivity contribution < 1.29 is 41.4 Å². The van der Waals surface area contributed by atoms with Gasteiger partial charge in [0.05, 0.1) is 5.33 Å². The molecule has 2 heterocycles. The minimum Gasteiger partial charge on any atom is -0.448 e. The highest BCUT2D eigenvalue weighted by Gasteiger charge is 2.55. The molecule has 12 nitrogen and oxygen atoms in total. The average molecular weight is 769 g/mol. The summed E-state index contributed by atoms with van der Waals surface area (Å²) >= 11 is 4.20. The van der Waals surface area contributed by atoms with Crippen LogP contribution < -0.4 is 5.32 Å². The maximum atomic E-state index is 14.1. The van der Waals surface area contributed by atoms with Crippen molar-refractivity contribution in [3.8, 4) is 0 Å². The second-order valence-electron chi connectivity index (χ2n) is 10.7. The Morgan fingerprint density at radius 1 is 1.02 bits per heavy atom. The van der Waals surface area contributed by atoms with Gasteiger partial charge in [0, 0.05) is 5.75 Å². The lowest BCUT2D eigenvalue weighted by Crippen LogP contribution is -2.71. The molecule has 2 amide bonds. The van der Waals surface area contributed by atoms with Gasteiger partial charge in [-0.05, 0) is 41.8 Å². The standard InChI is InChI=1S/C34H30BrN3O9S2/c1-21-13-15-25(16-14-21)49(43,44)46-18-17-24-20-48-33-28(36-31(40)27(37-45-2)26(39)19-35)32(41)38(33)29(24)34(42)47-30(22-9-5-3-6-10-22)23-11-7-4-8-12-23/h3-18,28,30,33H,19-20H2,1-2H3,(H,36,40). The van der Waals surface area contributed by atoms with Crippen LogP contribution in [0, 0.1) is 6.92 Å². The number of halogens is 1. The third kappa shape index (κ3) is 7.95. The molecule has 5 rings (SSSR count). The number of amides is 2. The van der Waals surface area contributed by atoms with E-state index in [1.54, 1.807) is 60.7 Å². The highest BCUT2D eigenvalue weighted by molar-refractivity contribution is 9.09. The zero-order valence-electron chi connectivity index (χ0n) is 26.1. The van der Waals surface area contributed by atoms with Gasteiger partial charge in [-0.3, -0.25) is 19.3 Å². The molecule has 2 unspecified atom stereocenters. The summed E-state index contributed by atoms with van der Waals surface area (Å²) in [4.78, 5) is 58.7. The summed E-state index contributed by atoms with van der Waals surface area (Å²) in [6.07, 6.45) is 1.38. The molecule has 2 aliphatic rings. The summed E-state index contributed by atoms with van der Waals surface area (Å²) < 4.78 is 36.9. The molecule has 0 radical (unpaired) electrons. The van der Waals surface area contributed by atoms with E-state index in [9.17, 15) is 27.6 Å². The topological polar surface area (TPSA) is 158 Å². The van der Waals surface area contributed by atoms with Crippen LogP contribution in [0.25, 0.3) is 0 Å². The Morgan fingerprint density at radius 3 is 2.20 bits per heavy atom. The van der Waals surface area contributed by atoms with E-state index in [0.29, 0.717) is 11.1 Å². The van der Waals surface area contributed by atoms with Crippen LogP contribution >= 0.6 is 27.7 Å². The van der Waals surface area contributed by atoms with Crippen molar-refractivity contribution in [2.24, 2.45) is 5.16 Å². The highest BCUT2D eigenvalue weighted by atomic mass is 79.9. The van der Waals surface area contributed by atoms with Gasteiger partial charge in [-0.1, -0.05) is 99.4 Å². The van der Waals surface area contributed by atoms with Gasteiger partial charge < -0.3 is 19.1 Å². The number of alkyl halides is 1. The number of hydrogen-bond donors (Lipinski definition) is 1. The van der Waals surface area contributed by atoms with Gasteiger partial charge in [-0.15, -0.1) is 11.8 Å². The van der Waals surface area contributed by atoms with E-state index < -0.39 is 56.9 Å². The molecule has 0 saturated carbocycles. The predicted octanol–water partition coefficient (Wildman–Crippen LogP) is 4.17. The fraction of sp³-hybridized carbons (Fsp3) is 0.206. The van der Waals surface area contributed by atoms with Crippen LogP contribution in [0.3, 0.4) is 0 Å². The Hall–Kier alpha value is -4.73. The predicted molar refractivity (Wildman–Crippen MR) is 185 cm³/mol. The summed E-state index contributed by atoms with van der Waals surface area (Å²) in [6, 6.07) is 23.1. The van der Waals surface area contributed by atoms with Crippen LogP contribution in [0.15, 0.2) is 119 Å². The van der Waals surface area contributed by atoms with E-state index >= 15 is 0 Å². The number of aryl methyl sites for hydroxylation is 1. The molecule has 0 aromatic heterocycles. The van der Waals surface area contributed by atoms with E-state index in [-0.39, 0.29) is 27.2 Å². The molecule has 15 heteroatoms. The molecule has 1 fully saturated rings. The Balaban J connectivity index is 1.47. The van der Waals surface area contributed by atoms with Gasteiger partial charge in [0.2, 0.25) is 11.5 Å². The van der Waals surface area contributed by atoms with E-state index in [1.807, 2.05) is 19.1 Å². The molecule has 2 aliphatic heterocycles. The Bertz CT molecular complexity index is 1890. The van der Waals surface area contributed by atoms with Crippen LogP contribution in [0.2, 0.25) is 0 Å². The number of allylic oxidation sites excluding steroid dienone is 1. The number of ketones is 1. The summed E-state index contributed by atoms with van der Waals surface area (Å²) in [5.41, 5.74) is 1.79. The highest BCUT2D eigenvalue weighted by Crippen LogP contribution is 2.42. The van der Waals surface area contributed by atoms with Gasteiger partial charge in [0.25, 0.3) is 11.8 Å². The second-order valence-corrected chi connectivity index (χ2v) is 13.9. The number of hydrogen-bond acceptors (Lipinski definition) is 11. The number of nitrogens with zero attached hydrogens (tertiary/aromatic N) is 2. The lowest BCUT2D eigenvalue weighted by molar-refractivity contribution is -0.154. The largest absolute Gasteiger partial charge is 0.448 e. The number of esters is 1. The average Bonchev–Trinajstić information content (AvgIpc) is 3.11. The molecule has 1 N–H and O–H groups in total. The van der Waals surface area contributed by atoms with Crippen molar-refractivity contribution in [1.29, 1.82) is 0 Å². The molecule has 2 atom stereocenters. The first-order valence-electron chi connectivity index (χ1n) is 14.7. The number of carbonyl (C=O) groups excluding carboxylic acids is 4. The van der Waals surface area contributed by atoms with Gasteiger partial charge in [-0.25, -0.2) is 4.79 Å². The summed E-state index contributed by atoms with van der Waals surface area (Å²) in [7, 11) is -3.01. The first-order valence-corrected chi connectivity index (χ1v) is 18.3. The zero-order valence-corrected chi connectivity index (χ0v) is 29.4. The number of oxime groups is 1. The van der Waals surface area contributed by atoms with E-state index in [4.69, 9.17) is 8.92 Å². The number of benzene rings is 3. The van der Waals surface area contributed by atoms with E-state index in [0.717, 1.165) is 11.8 Å². The monoisotopic (exact) mass is 767 g/mol. The van der Waals surface area contributed by atoms with Gasteiger partial charge in [0.15, 0.2) is 6.10 Å². The molecule has 1 saturated heterocycles. The molecule has 49 heavy (non-hydrogen) atoms. The molecule has 0 aliphatic carbocycles. The van der Waals surface area contributed by atoms with Crippen LogP contribution in [0.4, 0.5) is 0 Å². The number of nitrogens with one attached hydrogen (secondary N) is 1. The van der Waals surface area contributed by atoms with Gasteiger partial charge in [0.1, 0.15) is 35.4 Å². The molecular weight excluding hydrogens is 738 g/mol. The van der Waals surface area contributed by atoms with Gasteiger partial charge >= 0.3 is 16.1 Å². The van der Waals surface area contributed by atoms with Crippen molar-refractivity contribution >= 4 is 67.1 Å². The van der Waals surface area contributed by atoms with Crippen LogP contribution in [0.1, 0.15) is 22.8 Å². The van der Waals surface area contributed by atoms with Crippen molar-refractivity contribution in [2.45, 2.75) is 29.3 Å². The van der Waals surface area contributed by atoms with E-state index in [2.05, 4.69) is 31.2 Å². The first kappa shape index (κ1) is 35.6. The molecular formula is C34H30BrN3O9S2. The quantitative estimate of drug-likeness (QED) is 0.0392. The lowest BCUT2D eigenvalue weighted by Gasteiger charge is -2.49. The molecule has 3 aromatic carbocycles. The number of carbonyl (C=O) groups is 4. The Kier molecular flexibility index (Phi) is 11.4. The summed E-state index contributed by atoms with van der Waals surface area (Å²) in [5, 5.41) is 5.05. The zero-order chi connectivity index (χ0) is 35.1. The maximum absolute atomic E-state index is 14.1. The maximum Gasteiger partial charge on any atom is 0.356 e. The number of rotatable bonds is 13. The fourth-order valence-electron chi connectivity index (χ4n) is 5.03. The Morgan fingerprint density at radius 2 is 1.63 bits per heavy atom. The molecule has 254 valence electrons. The van der Waals surface area contributed by atoms with Crippen LogP contribution in [0.5, 0.6) is 0 Å². The van der Waals surface area contributed by atoms with Crippen LogP contribution in [-0.2, 0) is 43.1 Å². The van der Waals surface area contributed by atoms with Crippen molar-refractivity contribution in [3.63, 3.8) is 0 Å². The number of ether oxygens (including phenoxy) is 1. The summed E-state index contributed by atoms with van der Waals surface area (Å²) in [6.45, 7) is 1.82. The molecule has 0 bridgehead atoms. The third-order valence-corrected chi connectivity index (χ3v) is 10.5. The van der Waals surface area contributed by atoms with Crippen molar-refractivity contribution in [1.82, 2.24) is 10.2 Å². The lowest BCUT2D eigenvalue weighted by atomic mass is 10.0. The van der Waals surface area contributed by atoms with Crippen molar-refractivity contribution in [3.05, 3.63) is 125 Å². The van der Waals surface area contributed by atoms with Gasteiger partial charge in [-0.2, -0.15) is 8.42 Å². The second kappa shape index (κ2) is 15.7. The van der Waals surface area contributed by atoms with Crippen molar-refractivity contribution in [2.75, 3.05) is 18.2 Å². The Labute approximate surface area is 295 Å². The SMILES string of the molecule is CON=C(C(=O)CBr)C(=O)NC1C(=O)N2C(C(=O)OC(c3ccccc3)c3ccccc3)=C(C=COS(=O)(=O)c3ccc(C)cc3)CSC12. The third-order valence-electron chi connectivity index (χ3n) is 7.45. The number of thioether (sulfide) groups is 1. The normalized spacial score (nSPS) is 17.8. The van der Waals surface area contributed by atoms with Crippen LogP contribution in [-0.4, -0.2) is 72.2 Å². The molecule has 0 spiro atoms. The fourth-order valence-corrected chi connectivity index (χ4v) is 7.40. The van der Waals surface area contributed by atoms with E-state index in [1.165, 1.54) is 42.0 Å². The minimum atomic E-state index is -4.18. The first-order chi connectivity index (χ1) is 23.6. The smallest absolute Gasteiger partial charge is 0.356 e. The number of fused-ring (bicyclic) bond motifs is 1. The minimum absolute atomic E-state index is 0.0608. The molecule has 3 aromatic rings. The number of Topliss-reactive ketones (excluding diaryl/α,β-unsaturated/α-hetero) is 1.